The lowest BCUT2D eigenvalue weighted by Gasteiger charge is -2.26. The summed E-state index contributed by atoms with van der Waals surface area (Å²) in [4.78, 5) is 0. The lowest BCUT2D eigenvalue weighted by Crippen LogP contribution is -2.21. The largest absolute Gasteiger partial charge is 0.490 e. The summed E-state index contributed by atoms with van der Waals surface area (Å²) in [5.74, 6) is 3.30. The third-order valence-corrected chi connectivity index (χ3v) is 6.02. The van der Waals surface area contributed by atoms with E-state index in [1.165, 1.54) is 12.1 Å². The predicted octanol–water partition coefficient (Wildman–Crippen LogP) is 4.33. The van der Waals surface area contributed by atoms with Crippen LogP contribution in [0.25, 0.3) is 0 Å². The van der Waals surface area contributed by atoms with E-state index in [9.17, 15) is 4.39 Å². The van der Waals surface area contributed by atoms with Crippen LogP contribution < -0.4 is 10.1 Å². The molecule has 9 heteroatoms. The highest BCUT2D eigenvalue weighted by Crippen LogP contribution is 2.37. The fourth-order valence-electron chi connectivity index (χ4n) is 3.28. The van der Waals surface area contributed by atoms with E-state index in [4.69, 9.17) is 21.4 Å². The molecule has 152 valence electrons. The molecule has 0 aliphatic carbocycles. The minimum atomic E-state index is -0.258. The van der Waals surface area contributed by atoms with Crippen molar-refractivity contribution in [2.75, 3.05) is 24.3 Å². The molecule has 1 aromatic heterocycles. The molecule has 0 saturated heterocycles. The second kappa shape index (κ2) is 8.61. The Kier molecular flexibility index (Phi) is 5.94. The fraction of sp³-hybridized carbons (Fsp3) is 0.300. The molecule has 0 saturated carbocycles. The van der Waals surface area contributed by atoms with E-state index < -0.39 is 0 Å². The summed E-state index contributed by atoms with van der Waals surface area (Å²) in [7, 11) is 0. The standard InChI is InChI=1S/C20H20ClFN4O2S/c1-12-8-15(21)18(28-7-6-27)9-16(12)23-20-25-24-19-11-29-10-17(26(19)20)13-2-4-14(22)5-3-13/h2-5,8-9,17,27H,6-7,10-11H2,1H3,(H,23,25)/t17-/m0/s1. The molecule has 4 rings (SSSR count). The maximum atomic E-state index is 13.4. The molecule has 2 aromatic carbocycles. The van der Waals surface area contributed by atoms with E-state index in [-0.39, 0.29) is 25.1 Å². The van der Waals surface area contributed by atoms with Crippen LogP contribution in [-0.2, 0) is 5.75 Å². The number of aliphatic hydroxyl groups excluding tert-OH is 1. The first kappa shape index (κ1) is 20.0. The highest BCUT2D eigenvalue weighted by Gasteiger charge is 2.27. The number of benzene rings is 2. The fourth-order valence-corrected chi connectivity index (χ4v) is 4.61. The number of nitrogens with one attached hydrogen (secondary N) is 1. The molecule has 2 N–H and O–H groups in total. The summed E-state index contributed by atoms with van der Waals surface area (Å²) >= 11 is 8.02. The van der Waals surface area contributed by atoms with E-state index in [1.807, 2.05) is 6.92 Å². The second-order valence-corrected chi connectivity index (χ2v) is 8.12. The number of rotatable bonds is 6. The molecule has 2 heterocycles. The zero-order chi connectivity index (χ0) is 20.4. The normalized spacial score (nSPS) is 15.8. The monoisotopic (exact) mass is 434 g/mol. The van der Waals surface area contributed by atoms with Gasteiger partial charge in [0.05, 0.1) is 23.4 Å². The molecule has 0 amide bonds. The predicted molar refractivity (Wildman–Crippen MR) is 113 cm³/mol. The third kappa shape index (κ3) is 4.19. The molecule has 0 spiro atoms. The Bertz CT molecular complexity index is 1010. The van der Waals surface area contributed by atoms with E-state index in [2.05, 4.69) is 20.1 Å². The lowest BCUT2D eigenvalue weighted by molar-refractivity contribution is 0.201. The number of aliphatic hydroxyl groups is 1. The number of fused-ring (bicyclic) bond motifs is 1. The van der Waals surface area contributed by atoms with Crippen molar-refractivity contribution in [3.05, 3.63) is 64.2 Å². The van der Waals surface area contributed by atoms with Gasteiger partial charge in [0.15, 0.2) is 0 Å². The Morgan fingerprint density at radius 2 is 2.10 bits per heavy atom. The molecule has 1 aliphatic heterocycles. The van der Waals surface area contributed by atoms with Crippen molar-refractivity contribution < 1.29 is 14.2 Å². The number of anilines is 2. The number of aromatic nitrogens is 3. The van der Waals surface area contributed by atoms with Gasteiger partial charge >= 0.3 is 0 Å². The maximum absolute atomic E-state index is 13.4. The van der Waals surface area contributed by atoms with Gasteiger partial charge in [-0.3, -0.25) is 4.57 Å². The Morgan fingerprint density at radius 1 is 1.31 bits per heavy atom. The van der Waals surface area contributed by atoms with Crippen LogP contribution in [0.4, 0.5) is 16.0 Å². The van der Waals surface area contributed by atoms with Crippen molar-refractivity contribution in [1.82, 2.24) is 14.8 Å². The van der Waals surface area contributed by atoms with Crippen LogP contribution in [0.2, 0.25) is 5.02 Å². The van der Waals surface area contributed by atoms with Gasteiger partial charge in [-0.2, -0.15) is 11.8 Å². The molecule has 0 fully saturated rings. The summed E-state index contributed by atoms with van der Waals surface area (Å²) in [5, 5.41) is 21.5. The van der Waals surface area contributed by atoms with Gasteiger partial charge in [0.1, 0.15) is 24.0 Å². The van der Waals surface area contributed by atoms with Crippen LogP contribution >= 0.6 is 23.4 Å². The summed E-state index contributed by atoms with van der Waals surface area (Å²) < 4.78 is 20.9. The Balaban J connectivity index is 1.68. The molecule has 1 atom stereocenters. The number of thioether (sulfide) groups is 1. The lowest BCUT2D eigenvalue weighted by atomic mass is 10.1. The van der Waals surface area contributed by atoms with Gasteiger partial charge in [-0.25, -0.2) is 4.39 Å². The van der Waals surface area contributed by atoms with Crippen molar-refractivity contribution >= 4 is 35.0 Å². The topological polar surface area (TPSA) is 72.2 Å². The molecule has 6 nitrogen and oxygen atoms in total. The second-order valence-electron chi connectivity index (χ2n) is 6.69. The molecular formula is C20H20ClFN4O2S. The number of aryl methyl sites for hydroxylation is 1. The van der Waals surface area contributed by atoms with Gasteiger partial charge in [0.25, 0.3) is 0 Å². The first-order valence-electron chi connectivity index (χ1n) is 9.14. The molecule has 0 unspecified atom stereocenters. The van der Waals surface area contributed by atoms with E-state index in [0.29, 0.717) is 16.7 Å². The zero-order valence-electron chi connectivity index (χ0n) is 15.7. The molecule has 0 radical (unpaired) electrons. The number of halogens is 2. The average molecular weight is 435 g/mol. The van der Waals surface area contributed by atoms with Gasteiger partial charge in [0.2, 0.25) is 5.95 Å². The summed E-state index contributed by atoms with van der Waals surface area (Å²) in [6.07, 6.45) is 0. The van der Waals surface area contributed by atoms with Crippen LogP contribution in [0.15, 0.2) is 36.4 Å². The van der Waals surface area contributed by atoms with Gasteiger partial charge in [-0.1, -0.05) is 23.7 Å². The van der Waals surface area contributed by atoms with Gasteiger partial charge in [-0.05, 0) is 36.2 Å². The van der Waals surface area contributed by atoms with Crippen molar-refractivity contribution in [2.45, 2.75) is 18.7 Å². The van der Waals surface area contributed by atoms with Crippen molar-refractivity contribution in [1.29, 1.82) is 0 Å². The number of hydrogen-bond donors (Lipinski definition) is 2. The molecule has 1 aliphatic rings. The van der Waals surface area contributed by atoms with E-state index >= 15 is 0 Å². The summed E-state index contributed by atoms with van der Waals surface area (Å²) in [6, 6.07) is 10.1. The summed E-state index contributed by atoms with van der Waals surface area (Å²) in [6.45, 7) is 2.00. The molecule has 29 heavy (non-hydrogen) atoms. The van der Waals surface area contributed by atoms with Crippen LogP contribution in [0, 0.1) is 12.7 Å². The third-order valence-electron chi connectivity index (χ3n) is 4.71. The number of nitrogens with zero attached hydrogens (tertiary/aromatic N) is 3. The highest BCUT2D eigenvalue weighted by molar-refractivity contribution is 7.98. The average Bonchev–Trinajstić information content (AvgIpc) is 3.13. The Hall–Kier alpha value is -2.29. The highest BCUT2D eigenvalue weighted by atomic mass is 35.5. The van der Waals surface area contributed by atoms with Crippen LogP contribution in [0.1, 0.15) is 23.0 Å². The van der Waals surface area contributed by atoms with Crippen LogP contribution in [-0.4, -0.2) is 38.8 Å². The van der Waals surface area contributed by atoms with E-state index in [1.54, 1.807) is 36.0 Å². The van der Waals surface area contributed by atoms with Crippen molar-refractivity contribution in [3.63, 3.8) is 0 Å². The Labute approximate surface area is 177 Å². The van der Waals surface area contributed by atoms with Crippen molar-refractivity contribution in [2.24, 2.45) is 0 Å². The quantitative estimate of drug-likeness (QED) is 0.601. The number of hydrogen-bond acceptors (Lipinski definition) is 6. The minimum absolute atomic E-state index is 0.000402. The Morgan fingerprint density at radius 3 is 2.86 bits per heavy atom. The zero-order valence-corrected chi connectivity index (χ0v) is 17.3. The smallest absolute Gasteiger partial charge is 0.229 e. The maximum Gasteiger partial charge on any atom is 0.229 e. The van der Waals surface area contributed by atoms with Gasteiger partial charge < -0.3 is 15.2 Å². The SMILES string of the molecule is Cc1cc(Cl)c(OCCO)cc1Nc1nnc2n1[C@H](c1ccc(F)cc1)CSC2. The first-order valence-corrected chi connectivity index (χ1v) is 10.7. The van der Waals surface area contributed by atoms with Crippen molar-refractivity contribution in [3.8, 4) is 5.75 Å². The van der Waals surface area contributed by atoms with Crippen LogP contribution in [0.5, 0.6) is 5.75 Å². The molecule has 0 bridgehead atoms. The van der Waals surface area contributed by atoms with Gasteiger partial charge in [0, 0.05) is 17.5 Å². The first-order chi connectivity index (χ1) is 14.1. The minimum Gasteiger partial charge on any atom is -0.490 e. The summed E-state index contributed by atoms with van der Waals surface area (Å²) in [5.41, 5.74) is 2.71. The van der Waals surface area contributed by atoms with E-state index in [0.717, 1.165) is 34.1 Å². The van der Waals surface area contributed by atoms with Gasteiger partial charge in [-0.15, -0.1) is 10.2 Å². The van der Waals surface area contributed by atoms with Crippen LogP contribution in [0.3, 0.4) is 0 Å². The molecular weight excluding hydrogens is 415 g/mol. The molecule has 3 aromatic rings. The number of ether oxygens (including phenoxy) is 1.